The Balaban J connectivity index is 2.25. The number of amides is 2. The molecule has 15 heavy (non-hydrogen) atoms. The lowest BCUT2D eigenvalue weighted by Gasteiger charge is -2.20. The van der Waals surface area contributed by atoms with Gasteiger partial charge < -0.3 is 15.1 Å². The second-order valence-corrected chi connectivity index (χ2v) is 4.23. The van der Waals surface area contributed by atoms with Crippen molar-refractivity contribution in [1.29, 1.82) is 0 Å². The predicted molar refractivity (Wildman–Crippen MR) is 62.0 cm³/mol. The summed E-state index contributed by atoms with van der Waals surface area (Å²) < 4.78 is 0. The number of urea groups is 1. The maximum absolute atomic E-state index is 11.7. The summed E-state index contributed by atoms with van der Waals surface area (Å²) in [6, 6.07) is 0.110. The molecule has 0 spiro atoms. The van der Waals surface area contributed by atoms with Gasteiger partial charge in [-0.3, -0.25) is 0 Å². The minimum atomic E-state index is 0.110. The molecule has 2 amide bonds. The fourth-order valence-electron chi connectivity index (χ4n) is 1.73. The highest BCUT2D eigenvalue weighted by atomic mass is 16.2. The quantitative estimate of drug-likeness (QED) is 0.713. The number of nitrogens with one attached hydrogen (secondary N) is 1. The van der Waals surface area contributed by atoms with Gasteiger partial charge in [0.05, 0.1) is 0 Å². The van der Waals surface area contributed by atoms with E-state index in [1.807, 2.05) is 4.90 Å². The van der Waals surface area contributed by atoms with E-state index in [1.54, 1.807) is 0 Å². The number of hydrogen-bond donors (Lipinski definition) is 1. The predicted octanol–water partition coefficient (Wildman–Crippen LogP) is 1.13. The summed E-state index contributed by atoms with van der Waals surface area (Å²) in [5.41, 5.74) is 0. The lowest BCUT2D eigenvalue weighted by molar-refractivity contribution is 0.199. The highest BCUT2D eigenvalue weighted by molar-refractivity contribution is 5.74. The van der Waals surface area contributed by atoms with Crippen LogP contribution in [0.25, 0.3) is 0 Å². The molecule has 0 aromatic heterocycles. The van der Waals surface area contributed by atoms with Gasteiger partial charge in [0.15, 0.2) is 0 Å². The van der Waals surface area contributed by atoms with Gasteiger partial charge in [0, 0.05) is 26.2 Å². The molecule has 0 aromatic rings. The second-order valence-electron chi connectivity index (χ2n) is 4.23. The topological polar surface area (TPSA) is 35.6 Å². The Labute approximate surface area is 92.6 Å². The van der Waals surface area contributed by atoms with Crippen LogP contribution >= 0.6 is 0 Å². The van der Waals surface area contributed by atoms with Gasteiger partial charge in [-0.1, -0.05) is 13.3 Å². The minimum absolute atomic E-state index is 0.110. The van der Waals surface area contributed by atoms with E-state index in [9.17, 15) is 4.79 Å². The largest absolute Gasteiger partial charge is 0.338 e. The van der Waals surface area contributed by atoms with Crippen molar-refractivity contribution in [2.45, 2.75) is 26.2 Å². The summed E-state index contributed by atoms with van der Waals surface area (Å²) in [6.07, 6.45) is 3.28. The van der Waals surface area contributed by atoms with Crippen LogP contribution in [-0.4, -0.2) is 55.6 Å². The molecule has 0 saturated carbocycles. The van der Waals surface area contributed by atoms with Crippen LogP contribution in [0, 0.1) is 0 Å². The molecule has 1 fully saturated rings. The minimum Gasteiger partial charge on any atom is -0.338 e. The van der Waals surface area contributed by atoms with Crippen LogP contribution in [0.15, 0.2) is 0 Å². The van der Waals surface area contributed by atoms with Crippen molar-refractivity contribution >= 4 is 6.03 Å². The first-order valence-electron chi connectivity index (χ1n) is 5.95. The van der Waals surface area contributed by atoms with Gasteiger partial charge in [-0.25, -0.2) is 4.79 Å². The van der Waals surface area contributed by atoms with Gasteiger partial charge in [0.1, 0.15) is 0 Å². The Hall–Kier alpha value is -0.770. The van der Waals surface area contributed by atoms with Crippen molar-refractivity contribution in [3.63, 3.8) is 0 Å². The van der Waals surface area contributed by atoms with Crippen LogP contribution in [0.5, 0.6) is 0 Å². The van der Waals surface area contributed by atoms with Crippen molar-refractivity contribution in [2.24, 2.45) is 0 Å². The average molecular weight is 213 g/mol. The summed E-state index contributed by atoms with van der Waals surface area (Å²) in [7, 11) is 2.11. The zero-order valence-electron chi connectivity index (χ0n) is 9.96. The number of nitrogens with zero attached hydrogens (tertiary/aromatic N) is 2. The van der Waals surface area contributed by atoms with E-state index >= 15 is 0 Å². The third-order valence-electron chi connectivity index (χ3n) is 2.81. The molecule has 1 rings (SSSR count). The molecular formula is C11H23N3O. The summed E-state index contributed by atoms with van der Waals surface area (Å²) in [5.74, 6) is 0. The van der Waals surface area contributed by atoms with Gasteiger partial charge in [-0.05, 0) is 26.4 Å². The van der Waals surface area contributed by atoms with E-state index in [0.29, 0.717) is 0 Å². The SMILES string of the molecule is CCCCNC(=O)N1CCCN(C)CC1. The van der Waals surface area contributed by atoms with Gasteiger partial charge in [0.2, 0.25) is 0 Å². The van der Waals surface area contributed by atoms with Gasteiger partial charge >= 0.3 is 6.03 Å². The molecule has 0 bridgehead atoms. The van der Waals surface area contributed by atoms with E-state index < -0.39 is 0 Å². The third kappa shape index (κ3) is 4.51. The first-order chi connectivity index (χ1) is 7.24. The van der Waals surface area contributed by atoms with Crippen LogP contribution < -0.4 is 5.32 Å². The van der Waals surface area contributed by atoms with Crippen molar-refractivity contribution in [1.82, 2.24) is 15.1 Å². The lowest BCUT2D eigenvalue weighted by Crippen LogP contribution is -2.42. The molecule has 1 aliphatic heterocycles. The first-order valence-corrected chi connectivity index (χ1v) is 5.95. The average Bonchev–Trinajstić information content (AvgIpc) is 2.43. The maximum atomic E-state index is 11.7. The van der Waals surface area contributed by atoms with Crippen LogP contribution in [0.1, 0.15) is 26.2 Å². The summed E-state index contributed by atoms with van der Waals surface area (Å²) in [5, 5.41) is 2.96. The summed E-state index contributed by atoms with van der Waals surface area (Å²) in [6.45, 7) is 6.77. The van der Waals surface area contributed by atoms with Crippen LogP contribution in [0.2, 0.25) is 0 Å². The summed E-state index contributed by atoms with van der Waals surface area (Å²) >= 11 is 0. The van der Waals surface area contributed by atoms with E-state index in [1.165, 1.54) is 0 Å². The number of carbonyl (C=O) groups is 1. The molecule has 0 unspecified atom stereocenters. The number of unbranched alkanes of at least 4 members (excludes halogenated alkanes) is 1. The van der Waals surface area contributed by atoms with Crippen molar-refractivity contribution < 1.29 is 4.79 Å². The fourth-order valence-corrected chi connectivity index (χ4v) is 1.73. The van der Waals surface area contributed by atoms with E-state index in [4.69, 9.17) is 0 Å². The number of likely N-dealkylation sites (N-methyl/N-ethyl adjacent to an activating group) is 1. The maximum Gasteiger partial charge on any atom is 0.317 e. The van der Waals surface area contributed by atoms with Crippen molar-refractivity contribution in [2.75, 3.05) is 39.8 Å². The van der Waals surface area contributed by atoms with Crippen molar-refractivity contribution in [3.8, 4) is 0 Å². The second kappa shape index (κ2) is 6.67. The molecule has 4 heteroatoms. The zero-order valence-corrected chi connectivity index (χ0v) is 9.96. The first kappa shape index (κ1) is 12.3. The van der Waals surface area contributed by atoms with Gasteiger partial charge in [0.25, 0.3) is 0 Å². The Morgan fingerprint density at radius 2 is 2.07 bits per heavy atom. The lowest BCUT2D eigenvalue weighted by atomic mass is 10.3. The molecule has 0 aliphatic carbocycles. The fraction of sp³-hybridized carbons (Fsp3) is 0.909. The van der Waals surface area contributed by atoms with Gasteiger partial charge in [-0.15, -0.1) is 0 Å². The standard InChI is InChI=1S/C11H23N3O/c1-3-4-6-12-11(15)14-8-5-7-13(2)9-10-14/h3-10H2,1-2H3,(H,12,15). The molecular weight excluding hydrogens is 190 g/mol. The van der Waals surface area contributed by atoms with Crippen LogP contribution in [-0.2, 0) is 0 Å². The highest BCUT2D eigenvalue weighted by Crippen LogP contribution is 2.01. The normalized spacial score (nSPS) is 18.7. The molecule has 1 heterocycles. The van der Waals surface area contributed by atoms with Crippen LogP contribution in [0.3, 0.4) is 0 Å². The molecule has 1 saturated heterocycles. The molecule has 0 atom stereocenters. The van der Waals surface area contributed by atoms with Gasteiger partial charge in [-0.2, -0.15) is 0 Å². The molecule has 0 radical (unpaired) electrons. The van der Waals surface area contributed by atoms with E-state index in [0.717, 1.165) is 52.0 Å². The number of hydrogen-bond acceptors (Lipinski definition) is 2. The smallest absolute Gasteiger partial charge is 0.317 e. The Morgan fingerprint density at radius 1 is 1.27 bits per heavy atom. The molecule has 88 valence electrons. The molecule has 0 aromatic carbocycles. The summed E-state index contributed by atoms with van der Waals surface area (Å²) in [4.78, 5) is 15.9. The monoisotopic (exact) mass is 213 g/mol. The highest BCUT2D eigenvalue weighted by Gasteiger charge is 2.16. The number of rotatable bonds is 3. The Kier molecular flexibility index (Phi) is 5.47. The molecule has 1 N–H and O–H groups in total. The van der Waals surface area contributed by atoms with E-state index in [-0.39, 0.29) is 6.03 Å². The van der Waals surface area contributed by atoms with E-state index in [2.05, 4.69) is 24.2 Å². The Morgan fingerprint density at radius 3 is 2.80 bits per heavy atom. The third-order valence-corrected chi connectivity index (χ3v) is 2.81. The molecule has 1 aliphatic rings. The molecule has 4 nitrogen and oxygen atoms in total. The Bertz CT molecular complexity index is 196. The van der Waals surface area contributed by atoms with Crippen LogP contribution in [0.4, 0.5) is 4.79 Å². The zero-order chi connectivity index (χ0) is 11.1. The van der Waals surface area contributed by atoms with Crippen molar-refractivity contribution in [3.05, 3.63) is 0 Å². The number of carbonyl (C=O) groups excluding carboxylic acids is 1.